The van der Waals surface area contributed by atoms with Gasteiger partial charge in [0.25, 0.3) is 5.95 Å². The molecular formula is C15H16N6. The molecule has 21 heavy (non-hydrogen) atoms. The molecule has 0 aliphatic rings. The summed E-state index contributed by atoms with van der Waals surface area (Å²) < 4.78 is 1.79. The van der Waals surface area contributed by atoms with Gasteiger partial charge in [0.2, 0.25) is 0 Å². The van der Waals surface area contributed by atoms with Crippen molar-refractivity contribution in [3.8, 4) is 0 Å². The smallest absolute Gasteiger partial charge is 0.252 e. The normalized spacial score (nSPS) is 10.5. The van der Waals surface area contributed by atoms with Gasteiger partial charge in [0, 0.05) is 0 Å². The zero-order valence-electron chi connectivity index (χ0n) is 11.4. The quantitative estimate of drug-likeness (QED) is 0.500. The van der Waals surface area contributed by atoms with Crippen LogP contribution in [0, 0.1) is 0 Å². The van der Waals surface area contributed by atoms with Crippen molar-refractivity contribution >= 4 is 22.9 Å². The van der Waals surface area contributed by atoms with Gasteiger partial charge < -0.3 is 16.9 Å². The van der Waals surface area contributed by atoms with Crippen LogP contribution in [0.25, 0.3) is 11.0 Å². The second-order valence-electron chi connectivity index (χ2n) is 4.59. The lowest BCUT2D eigenvalue weighted by atomic mass is 10.2. The second kappa shape index (κ2) is 5.54. The van der Waals surface area contributed by atoms with E-state index in [1.54, 1.807) is 4.68 Å². The van der Waals surface area contributed by atoms with E-state index in [4.69, 9.17) is 11.5 Å². The summed E-state index contributed by atoms with van der Waals surface area (Å²) in [5, 5.41) is 0. The lowest BCUT2D eigenvalue weighted by Gasteiger charge is -2.10. The fourth-order valence-electron chi connectivity index (χ4n) is 2.13. The van der Waals surface area contributed by atoms with E-state index in [0.29, 0.717) is 12.5 Å². The molecule has 0 atom stereocenters. The van der Waals surface area contributed by atoms with Gasteiger partial charge >= 0.3 is 0 Å². The number of imidazole rings is 1. The topological polar surface area (TPSA) is 94.2 Å². The van der Waals surface area contributed by atoms with E-state index in [-0.39, 0.29) is 5.96 Å². The average Bonchev–Trinajstić information content (AvgIpc) is 2.82. The van der Waals surface area contributed by atoms with E-state index in [0.717, 1.165) is 16.6 Å². The summed E-state index contributed by atoms with van der Waals surface area (Å²) in [7, 11) is 0. The number of hydrogen-bond donors (Lipinski definition) is 3. The molecule has 2 aromatic carbocycles. The molecule has 106 valence electrons. The first-order valence-electron chi connectivity index (χ1n) is 6.59. The number of hydrogen-bond acceptors (Lipinski definition) is 3. The van der Waals surface area contributed by atoms with E-state index in [2.05, 4.69) is 15.4 Å². The van der Waals surface area contributed by atoms with Crippen LogP contribution in [0.4, 0.5) is 5.95 Å². The number of para-hydroxylation sites is 2. The average molecular weight is 280 g/mol. The third kappa shape index (κ3) is 2.79. The molecule has 0 bridgehead atoms. The lowest BCUT2D eigenvalue weighted by Crippen LogP contribution is -2.23. The molecule has 6 heteroatoms. The Morgan fingerprint density at radius 2 is 1.76 bits per heavy atom. The summed E-state index contributed by atoms with van der Waals surface area (Å²) in [6, 6.07) is 17.8. The number of nitrogens with one attached hydrogen (secondary N) is 1. The van der Waals surface area contributed by atoms with Crippen molar-refractivity contribution in [2.24, 2.45) is 16.5 Å². The summed E-state index contributed by atoms with van der Waals surface area (Å²) in [5.41, 5.74) is 17.1. The number of nitrogens with two attached hydrogens (primary N) is 2. The Morgan fingerprint density at radius 3 is 2.52 bits per heavy atom. The lowest BCUT2D eigenvalue weighted by molar-refractivity contribution is 0.862. The number of aliphatic imine (C=N–C) groups is 1. The van der Waals surface area contributed by atoms with Gasteiger partial charge in [-0.3, -0.25) is 0 Å². The van der Waals surface area contributed by atoms with E-state index < -0.39 is 0 Å². The van der Waals surface area contributed by atoms with Crippen LogP contribution < -0.4 is 16.9 Å². The molecule has 0 saturated carbocycles. The van der Waals surface area contributed by atoms with Crippen LogP contribution in [0.3, 0.4) is 0 Å². The van der Waals surface area contributed by atoms with Crippen molar-refractivity contribution < 1.29 is 0 Å². The maximum atomic E-state index is 5.47. The van der Waals surface area contributed by atoms with E-state index in [9.17, 15) is 0 Å². The van der Waals surface area contributed by atoms with Crippen molar-refractivity contribution in [2.45, 2.75) is 6.54 Å². The molecule has 0 fully saturated rings. The number of fused-ring (bicyclic) bond motifs is 1. The molecule has 3 rings (SSSR count). The Balaban J connectivity index is 1.97. The highest BCUT2D eigenvalue weighted by molar-refractivity contribution is 5.82. The molecule has 1 heterocycles. The summed E-state index contributed by atoms with van der Waals surface area (Å²) in [4.78, 5) is 8.49. The van der Waals surface area contributed by atoms with E-state index >= 15 is 0 Å². The standard InChI is InChI=1S/C15H16N6/c16-14(17)20-15-19-12-8-4-5-9-13(12)21(15)18-10-11-6-2-1-3-7-11/h1-9,18H,10H2,(H4,16,17,19,20). The highest BCUT2D eigenvalue weighted by atomic mass is 15.5. The van der Waals surface area contributed by atoms with Crippen molar-refractivity contribution in [1.29, 1.82) is 0 Å². The van der Waals surface area contributed by atoms with Gasteiger partial charge in [0.15, 0.2) is 5.96 Å². The van der Waals surface area contributed by atoms with Gasteiger partial charge in [0.05, 0.1) is 17.6 Å². The van der Waals surface area contributed by atoms with Crippen LogP contribution in [0.1, 0.15) is 5.56 Å². The highest BCUT2D eigenvalue weighted by Crippen LogP contribution is 2.20. The van der Waals surface area contributed by atoms with Crippen LogP contribution >= 0.6 is 0 Å². The molecule has 3 aromatic rings. The minimum Gasteiger partial charge on any atom is -0.370 e. The molecule has 6 nitrogen and oxygen atoms in total. The number of aromatic nitrogens is 2. The van der Waals surface area contributed by atoms with Crippen molar-refractivity contribution in [3.63, 3.8) is 0 Å². The summed E-state index contributed by atoms with van der Waals surface area (Å²) >= 11 is 0. The fraction of sp³-hybridized carbons (Fsp3) is 0.0667. The van der Waals surface area contributed by atoms with Gasteiger partial charge in [0.1, 0.15) is 0 Å². The SMILES string of the molecule is NC(N)=Nc1nc2ccccc2n1NCc1ccccc1. The molecule has 0 spiro atoms. The van der Waals surface area contributed by atoms with Crippen LogP contribution in [-0.4, -0.2) is 15.6 Å². The van der Waals surface area contributed by atoms with E-state index in [1.165, 1.54) is 0 Å². The molecule has 0 saturated heterocycles. The zero-order chi connectivity index (χ0) is 14.7. The third-order valence-corrected chi connectivity index (χ3v) is 3.06. The Hall–Kier alpha value is -3.02. The van der Waals surface area contributed by atoms with E-state index in [1.807, 2.05) is 54.6 Å². The number of rotatable bonds is 4. The Labute approximate surface area is 122 Å². The van der Waals surface area contributed by atoms with Crippen LogP contribution in [0.2, 0.25) is 0 Å². The minimum atomic E-state index is -0.0203. The predicted octanol–water partition coefficient (Wildman–Crippen LogP) is 1.68. The first-order valence-corrected chi connectivity index (χ1v) is 6.59. The van der Waals surface area contributed by atoms with Crippen molar-refractivity contribution in [3.05, 3.63) is 60.2 Å². The Bertz CT molecular complexity index is 771. The molecular weight excluding hydrogens is 264 g/mol. The van der Waals surface area contributed by atoms with Crippen molar-refractivity contribution in [1.82, 2.24) is 9.66 Å². The molecule has 1 aromatic heterocycles. The number of guanidine groups is 1. The minimum absolute atomic E-state index is 0.0203. The fourth-order valence-corrected chi connectivity index (χ4v) is 2.13. The van der Waals surface area contributed by atoms with Gasteiger partial charge in [-0.05, 0) is 17.7 Å². The zero-order valence-corrected chi connectivity index (χ0v) is 11.4. The van der Waals surface area contributed by atoms with Gasteiger partial charge in [-0.2, -0.15) is 4.99 Å². The van der Waals surface area contributed by atoms with Gasteiger partial charge in [-0.1, -0.05) is 42.5 Å². The molecule has 0 aliphatic carbocycles. The molecule has 0 radical (unpaired) electrons. The number of nitrogens with zero attached hydrogens (tertiary/aromatic N) is 3. The second-order valence-corrected chi connectivity index (χ2v) is 4.59. The van der Waals surface area contributed by atoms with Gasteiger partial charge in [-0.15, -0.1) is 0 Å². The first-order chi connectivity index (χ1) is 10.2. The molecule has 0 aliphatic heterocycles. The molecule has 0 amide bonds. The maximum Gasteiger partial charge on any atom is 0.252 e. The Kier molecular flexibility index (Phi) is 3.42. The summed E-state index contributed by atoms with van der Waals surface area (Å²) in [6.07, 6.45) is 0. The first kappa shape index (κ1) is 13.0. The van der Waals surface area contributed by atoms with Crippen molar-refractivity contribution in [2.75, 3.05) is 5.43 Å². The maximum absolute atomic E-state index is 5.47. The highest BCUT2D eigenvalue weighted by Gasteiger charge is 2.09. The third-order valence-electron chi connectivity index (χ3n) is 3.06. The monoisotopic (exact) mass is 280 g/mol. The largest absolute Gasteiger partial charge is 0.370 e. The van der Waals surface area contributed by atoms with Crippen LogP contribution in [-0.2, 0) is 6.54 Å². The van der Waals surface area contributed by atoms with Gasteiger partial charge in [-0.25, -0.2) is 9.66 Å². The van der Waals surface area contributed by atoms with Crippen LogP contribution in [0.5, 0.6) is 0 Å². The summed E-state index contributed by atoms with van der Waals surface area (Å²) in [6.45, 7) is 0.647. The molecule has 0 unspecified atom stereocenters. The number of benzene rings is 2. The summed E-state index contributed by atoms with van der Waals surface area (Å²) in [5.74, 6) is 0.417. The molecule has 5 N–H and O–H groups in total. The van der Waals surface area contributed by atoms with Crippen LogP contribution in [0.15, 0.2) is 59.6 Å². The Morgan fingerprint density at radius 1 is 1.05 bits per heavy atom. The predicted molar refractivity (Wildman–Crippen MR) is 84.7 cm³/mol.